The van der Waals surface area contributed by atoms with Crippen LogP contribution < -0.4 is 26.8 Å². The van der Waals surface area contributed by atoms with Crippen LogP contribution in [0.4, 0.5) is 5.82 Å². The van der Waals surface area contributed by atoms with E-state index >= 15 is 0 Å². The number of hydrogen-bond donors (Lipinski definition) is 4. The molecule has 178 valence electrons. The molecule has 1 aliphatic carbocycles. The van der Waals surface area contributed by atoms with E-state index in [9.17, 15) is 4.79 Å². The van der Waals surface area contributed by atoms with E-state index in [1.54, 1.807) is 0 Å². The lowest BCUT2D eigenvalue weighted by Crippen LogP contribution is -2.38. The van der Waals surface area contributed by atoms with E-state index in [0.29, 0.717) is 24.5 Å². The molecule has 4 rings (SSSR count). The highest BCUT2D eigenvalue weighted by atomic mass is 16.5. The van der Waals surface area contributed by atoms with Crippen LogP contribution in [0.15, 0.2) is 53.5 Å². The number of rotatable bonds is 8. The van der Waals surface area contributed by atoms with Gasteiger partial charge in [-0.25, -0.2) is 15.0 Å². The van der Waals surface area contributed by atoms with Crippen LogP contribution in [0.5, 0.6) is 5.75 Å². The van der Waals surface area contributed by atoms with Crippen LogP contribution in [0, 0.1) is 6.92 Å². The average molecular weight is 462 g/mol. The third-order valence-corrected chi connectivity index (χ3v) is 5.82. The lowest BCUT2D eigenvalue weighted by Gasteiger charge is -2.30. The van der Waals surface area contributed by atoms with E-state index in [2.05, 4.69) is 25.6 Å². The van der Waals surface area contributed by atoms with Gasteiger partial charge in [0.05, 0.1) is 24.1 Å². The Morgan fingerprint density at radius 1 is 1.12 bits per heavy atom. The number of para-hydroxylation sites is 1. The molecule has 0 spiro atoms. The molecule has 0 radical (unpaired) electrons. The first kappa shape index (κ1) is 23.3. The Balaban J connectivity index is 1.52. The summed E-state index contributed by atoms with van der Waals surface area (Å²) in [5, 5.41) is 7.22. The van der Waals surface area contributed by atoms with Crippen LogP contribution in [-0.4, -0.2) is 47.1 Å². The molecule has 0 bridgehead atoms. The fourth-order valence-corrected chi connectivity index (χ4v) is 4.18. The molecule has 3 aromatic rings. The first-order valence-electron chi connectivity index (χ1n) is 11.6. The summed E-state index contributed by atoms with van der Waals surface area (Å²) in [6.07, 6.45) is 3.95. The summed E-state index contributed by atoms with van der Waals surface area (Å²) in [7, 11) is 0. The number of ether oxygens (including phenoxy) is 1. The van der Waals surface area contributed by atoms with E-state index < -0.39 is 0 Å². The summed E-state index contributed by atoms with van der Waals surface area (Å²) >= 11 is 0. The van der Waals surface area contributed by atoms with Gasteiger partial charge >= 0.3 is 0 Å². The van der Waals surface area contributed by atoms with Crippen molar-refractivity contribution in [1.82, 2.24) is 15.3 Å². The summed E-state index contributed by atoms with van der Waals surface area (Å²) in [5.74, 6) is 1.20. The van der Waals surface area contributed by atoms with Gasteiger partial charge in [0.15, 0.2) is 5.96 Å². The van der Waals surface area contributed by atoms with Crippen molar-refractivity contribution in [1.29, 1.82) is 0 Å². The highest BCUT2D eigenvalue weighted by molar-refractivity contribution is 5.96. The number of aliphatic imine (C=N–C) groups is 1. The van der Waals surface area contributed by atoms with Gasteiger partial charge in [-0.1, -0.05) is 42.7 Å². The standard InChI is InChI=1S/C25H31N7O2/c1-16-11-12-19-18(15-16)22(30-20-9-5-6-10-21(20)31-25(26)27)32-23(29-19)24(33)28-13-14-34-17-7-3-2-4-8-17/h2-4,7-8,11-12,15,20-21H,5-6,9-10,13-14H2,1H3,(H,28,33)(H4,26,27,31)(H,29,30,32)/t20-,21+/m0/s1. The Hall–Kier alpha value is -3.88. The van der Waals surface area contributed by atoms with E-state index in [-0.39, 0.29) is 29.8 Å². The monoisotopic (exact) mass is 461 g/mol. The molecule has 1 fully saturated rings. The van der Waals surface area contributed by atoms with Gasteiger partial charge in [0, 0.05) is 5.39 Å². The normalized spacial score (nSPS) is 17.7. The number of carbonyl (C=O) groups is 1. The predicted molar refractivity (Wildman–Crippen MR) is 134 cm³/mol. The molecular formula is C25H31N7O2. The zero-order valence-corrected chi connectivity index (χ0v) is 19.3. The zero-order valence-electron chi connectivity index (χ0n) is 19.3. The molecule has 2 aromatic carbocycles. The number of fused-ring (bicyclic) bond motifs is 1. The number of benzene rings is 2. The van der Waals surface area contributed by atoms with Crippen molar-refractivity contribution in [3.8, 4) is 5.75 Å². The predicted octanol–water partition coefficient (Wildman–Crippen LogP) is 2.74. The molecule has 34 heavy (non-hydrogen) atoms. The Labute approximate surface area is 199 Å². The smallest absolute Gasteiger partial charge is 0.289 e. The number of guanidine groups is 1. The molecule has 0 unspecified atom stereocenters. The summed E-state index contributed by atoms with van der Waals surface area (Å²) in [4.78, 5) is 26.4. The van der Waals surface area contributed by atoms with Crippen molar-refractivity contribution >= 4 is 28.6 Å². The largest absolute Gasteiger partial charge is 0.492 e. The molecule has 1 saturated carbocycles. The van der Waals surface area contributed by atoms with Crippen LogP contribution in [-0.2, 0) is 0 Å². The molecule has 0 aliphatic heterocycles. The van der Waals surface area contributed by atoms with Crippen molar-refractivity contribution in [3.05, 3.63) is 59.9 Å². The summed E-state index contributed by atoms with van der Waals surface area (Å²) in [6, 6.07) is 15.3. The number of anilines is 1. The fourth-order valence-electron chi connectivity index (χ4n) is 4.18. The molecule has 1 heterocycles. The highest BCUT2D eigenvalue weighted by Crippen LogP contribution is 2.28. The van der Waals surface area contributed by atoms with Gasteiger partial charge in [0.1, 0.15) is 18.2 Å². The third-order valence-electron chi connectivity index (χ3n) is 5.82. The third kappa shape index (κ3) is 5.92. The van der Waals surface area contributed by atoms with Crippen molar-refractivity contribution in [2.75, 3.05) is 18.5 Å². The molecule has 9 heteroatoms. The number of aryl methyl sites for hydroxylation is 1. The average Bonchev–Trinajstić information content (AvgIpc) is 2.83. The molecule has 1 amide bonds. The van der Waals surface area contributed by atoms with Crippen molar-refractivity contribution < 1.29 is 9.53 Å². The number of hydrogen-bond acceptors (Lipinski definition) is 6. The summed E-state index contributed by atoms with van der Waals surface area (Å²) < 4.78 is 5.64. The maximum atomic E-state index is 12.8. The molecule has 2 atom stereocenters. The highest BCUT2D eigenvalue weighted by Gasteiger charge is 2.26. The van der Waals surface area contributed by atoms with Gasteiger partial charge in [0.25, 0.3) is 5.91 Å². The van der Waals surface area contributed by atoms with Crippen molar-refractivity contribution in [2.24, 2.45) is 16.5 Å². The SMILES string of the molecule is Cc1ccc2nc(C(=O)NCCOc3ccccc3)nc(N[C@H]3CCCC[C@H]3N=C(N)N)c2c1. The van der Waals surface area contributed by atoms with E-state index in [1.165, 1.54) is 0 Å². The van der Waals surface area contributed by atoms with Crippen LogP contribution >= 0.6 is 0 Å². The molecular weight excluding hydrogens is 430 g/mol. The summed E-state index contributed by atoms with van der Waals surface area (Å²) in [5.41, 5.74) is 13.1. The first-order chi connectivity index (χ1) is 16.5. The minimum absolute atomic E-state index is 0.0182. The number of amides is 1. The van der Waals surface area contributed by atoms with E-state index in [4.69, 9.17) is 16.2 Å². The zero-order chi connectivity index (χ0) is 23.9. The number of carbonyl (C=O) groups excluding carboxylic acids is 1. The molecule has 1 aromatic heterocycles. The van der Waals surface area contributed by atoms with Gasteiger partial charge in [-0.3, -0.25) is 4.79 Å². The van der Waals surface area contributed by atoms with Gasteiger partial charge in [-0.05, 0) is 44.0 Å². The minimum atomic E-state index is -0.355. The van der Waals surface area contributed by atoms with Crippen LogP contribution in [0.1, 0.15) is 41.9 Å². The van der Waals surface area contributed by atoms with Crippen LogP contribution in [0.2, 0.25) is 0 Å². The second kappa shape index (κ2) is 10.8. The van der Waals surface area contributed by atoms with Gasteiger partial charge in [-0.15, -0.1) is 0 Å². The number of nitrogens with zero attached hydrogens (tertiary/aromatic N) is 3. The van der Waals surface area contributed by atoms with Crippen molar-refractivity contribution in [3.63, 3.8) is 0 Å². The molecule has 9 nitrogen and oxygen atoms in total. The molecule has 1 aliphatic rings. The maximum Gasteiger partial charge on any atom is 0.289 e. The van der Waals surface area contributed by atoms with Crippen LogP contribution in [0.25, 0.3) is 10.9 Å². The topological polar surface area (TPSA) is 141 Å². The van der Waals surface area contributed by atoms with Gasteiger partial charge in [0.2, 0.25) is 5.82 Å². The first-order valence-corrected chi connectivity index (χ1v) is 11.6. The van der Waals surface area contributed by atoms with Crippen molar-refractivity contribution in [2.45, 2.75) is 44.7 Å². The Kier molecular flexibility index (Phi) is 7.41. The number of nitrogens with two attached hydrogens (primary N) is 2. The lowest BCUT2D eigenvalue weighted by molar-refractivity contribution is 0.0937. The molecule has 0 saturated heterocycles. The van der Waals surface area contributed by atoms with E-state index in [1.807, 2.05) is 55.5 Å². The Morgan fingerprint density at radius 3 is 2.71 bits per heavy atom. The number of aromatic nitrogens is 2. The molecule has 6 N–H and O–H groups in total. The number of nitrogens with one attached hydrogen (secondary N) is 2. The Bertz CT molecular complexity index is 1160. The second-order valence-corrected chi connectivity index (χ2v) is 8.49. The van der Waals surface area contributed by atoms with Crippen LogP contribution in [0.3, 0.4) is 0 Å². The second-order valence-electron chi connectivity index (χ2n) is 8.49. The minimum Gasteiger partial charge on any atom is -0.492 e. The maximum absolute atomic E-state index is 12.8. The van der Waals surface area contributed by atoms with Gasteiger partial charge < -0.3 is 26.8 Å². The van der Waals surface area contributed by atoms with E-state index in [0.717, 1.165) is 42.4 Å². The fraction of sp³-hybridized carbons (Fsp3) is 0.360. The Morgan fingerprint density at radius 2 is 1.91 bits per heavy atom. The lowest BCUT2D eigenvalue weighted by atomic mass is 9.90. The summed E-state index contributed by atoms with van der Waals surface area (Å²) in [6.45, 7) is 2.69. The van der Waals surface area contributed by atoms with Gasteiger partial charge in [-0.2, -0.15) is 0 Å². The quantitative estimate of drug-likeness (QED) is 0.230.